The quantitative estimate of drug-likeness (QED) is 0.589. The topological polar surface area (TPSA) is 85.0 Å². The van der Waals surface area contributed by atoms with E-state index in [0.717, 1.165) is 4.31 Å². The minimum Gasteiger partial charge on any atom is -0.212 e. The van der Waals surface area contributed by atoms with Gasteiger partial charge < -0.3 is 0 Å². The number of nitriles is 2. The van der Waals surface area contributed by atoms with Gasteiger partial charge in [-0.2, -0.15) is 14.8 Å². The Labute approximate surface area is 78.2 Å². The van der Waals surface area contributed by atoms with E-state index >= 15 is 0 Å². The van der Waals surface area contributed by atoms with Crippen LogP contribution in [-0.2, 0) is 10.0 Å². The summed E-state index contributed by atoms with van der Waals surface area (Å²) in [5, 5.41) is 16.7. The van der Waals surface area contributed by atoms with Crippen LogP contribution < -0.4 is 0 Å². The van der Waals surface area contributed by atoms with Crippen molar-refractivity contribution >= 4 is 10.0 Å². The Bertz CT molecular complexity index is 307. The number of nitrogens with zero attached hydrogens (tertiary/aromatic N) is 3. The van der Waals surface area contributed by atoms with Crippen molar-refractivity contribution in [1.82, 2.24) is 4.31 Å². The van der Waals surface area contributed by atoms with Crippen LogP contribution in [0.5, 0.6) is 0 Å². The Morgan fingerprint density at radius 2 is 1.69 bits per heavy atom. The van der Waals surface area contributed by atoms with Crippen LogP contribution in [0.15, 0.2) is 0 Å². The van der Waals surface area contributed by atoms with E-state index in [1.165, 1.54) is 0 Å². The van der Waals surface area contributed by atoms with Crippen LogP contribution in [0.25, 0.3) is 0 Å². The molecule has 72 valence electrons. The molecule has 0 spiro atoms. The molecule has 5 nitrogen and oxygen atoms in total. The molecule has 0 amide bonds. The van der Waals surface area contributed by atoms with Gasteiger partial charge in [-0.1, -0.05) is 6.92 Å². The molecule has 0 aromatic carbocycles. The zero-order valence-electron chi connectivity index (χ0n) is 7.39. The Balaban J connectivity index is 4.56. The predicted octanol–water partition coefficient (Wildman–Crippen LogP) is 0.0754. The van der Waals surface area contributed by atoms with Crippen LogP contribution in [0.2, 0.25) is 0 Å². The summed E-state index contributed by atoms with van der Waals surface area (Å²) in [5.74, 6) is -0.0175. The van der Waals surface area contributed by atoms with E-state index in [1.807, 2.05) is 0 Å². The molecule has 0 saturated carbocycles. The number of hydrogen-bond acceptors (Lipinski definition) is 4. The SMILES string of the molecule is CCCS(=O)(=O)N(CC#N)CC#N. The van der Waals surface area contributed by atoms with Crippen molar-refractivity contribution in [3.63, 3.8) is 0 Å². The second-order valence-electron chi connectivity index (χ2n) is 2.40. The lowest BCUT2D eigenvalue weighted by Gasteiger charge is -2.14. The minimum absolute atomic E-state index is 0.0175. The molecule has 0 aromatic heterocycles. The number of sulfonamides is 1. The van der Waals surface area contributed by atoms with Crippen molar-refractivity contribution in [3.05, 3.63) is 0 Å². The molecule has 0 radical (unpaired) electrons. The molecule has 0 atom stereocenters. The molecule has 6 heteroatoms. The average molecular weight is 201 g/mol. The highest BCUT2D eigenvalue weighted by Gasteiger charge is 2.19. The van der Waals surface area contributed by atoms with Gasteiger partial charge in [-0.15, -0.1) is 0 Å². The molecule has 0 aromatic rings. The normalized spacial score (nSPS) is 10.8. The molecule has 0 rings (SSSR count). The van der Waals surface area contributed by atoms with Gasteiger partial charge in [0.2, 0.25) is 10.0 Å². The molecule has 0 heterocycles. The van der Waals surface area contributed by atoms with Gasteiger partial charge in [-0.05, 0) is 6.42 Å². The van der Waals surface area contributed by atoms with Crippen LogP contribution in [0.3, 0.4) is 0 Å². The van der Waals surface area contributed by atoms with E-state index < -0.39 is 10.0 Å². The van der Waals surface area contributed by atoms with Crippen molar-refractivity contribution in [2.24, 2.45) is 0 Å². The van der Waals surface area contributed by atoms with Gasteiger partial charge in [0.15, 0.2) is 0 Å². The van der Waals surface area contributed by atoms with Crippen molar-refractivity contribution in [2.75, 3.05) is 18.8 Å². The van der Waals surface area contributed by atoms with Crippen LogP contribution in [0.4, 0.5) is 0 Å². The molecular weight excluding hydrogens is 190 g/mol. The molecule has 0 N–H and O–H groups in total. The highest BCUT2D eigenvalue weighted by atomic mass is 32.2. The Hall–Kier alpha value is -1.11. The van der Waals surface area contributed by atoms with E-state index in [2.05, 4.69) is 0 Å². The van der Waals surface area contributed by atoms with Crippen molar-refractivity contribution in [3.8, 4) is 12.1 Å². The first-order chi connectivity index (χ1) is 6.08. The summed E-state index contributed by atoms with van der Waals surface area (Å²) in [6.07, 6.45) is 0.482. The summed E-state index contributed by atoms with van der Waals surface area (Å²) in [5.41, 5.74) is 0. The van der Waals surface area contributed by atoms with Gasteiger partial charge in [0.1, 0.15) is 13.1 Å². The lowest BCUT2D eigenvalue weighted by atomic mass is 10.6. The van der Waals surface area contributed by atoms with Crippen LogP contribution in [-0.4, -0.2) is 31.6 Å². The third-order valence-corrected chi connectivity index (χ3v) is 3.32. The van der Waals surface area contributed by atoms with Crippen LogP contribution in [0.1, 0.15) is 13.3 Å². The molecule has 0 bridgehead atoms. The summed E-state index contributed by atoms with van der Waals surface area (Å²) < 4.78 is 23.6. The van der Waals surface area contributed by atoms with E-state index in [9.17, 15) is 8.42 Å². The Kier molecular flexibility index (Phi) is 5.05. The Morgan fingerprint density at radius 3 is 2.00 bits per heavy atom. The molecular formula is C7H11N3O2S. The van der Waals surface area contributed by atoms with Gasteiger partial charge in [0, 0.05) is 0 Å². The highest BCUT2D eigenvalue weighted by Crippen LogP contribution is 2.01. The van der Waals surface area contributed by atoms with E-state index in [4.69, 9.17) is 10.5 Å². The van der Waals surface area contributed by atoms with Gasteiger partial charge >= 0.3 is 0 Å². The number of hydrogen-bond donors (Lipinski definition) is 0. The van der Waals surface area contributed by atoms with E-state index in [1.54, 1.807) is 19.1 Å². The molecule has 0 fully saturated rings. The summed E-state index contributed by atoms with van der Waals surface area (Å²) >= 11 is 0. The maximum absolute atomic E-state index is 11.3. The largest absolute Gasteiger partial charge is 0.215 e. The Morgan fingerprint density at radius 1 is 1.23 bits per heavy atom. The van der Waals surface area contributed by atoms with Gasteiger partial charge in [-0.3, -0.25) is 0 Å². The molecule has 0 unspecified atom stereocenters. The molecule has 0 aliphatic carbocycles. The average Bonchev–Trinajstić information content (AvgIpc) is 2.04. The second-order valence-corrected chi connectivity index (χ2v) is 4.49. The van der Waals surface area contributed by atoms with Crippen LogP contribution in [0, 0.1) is 22.7 Å². The maximum Gasteiger partial charge on any atom is 0.215 e. The lowest BCUT2D eigenvalue weighted by molar-refractivity contribution is 0.478. The molecule has 13 heavy (non-hydrogen) atoms. The first kappa shape index (κ1) is 11.9. The zero-order valence-corrected chi connectivity index (χ0v) is 8.21. The molecule has 0 saturated heterocycles. The monoisotopic (exact) mass is 201 g/mol. The molecule has 0 aliphatic heterocycles. The molecule has 0 aliphatic rings. The zero-order chi connectivity index (χ0) is 10.3. The smallest absolute Gasteiger partial charge is 0.212 e. The highest BCUT2D eigenvalue weighted by molar-refractivity contribution is 7.89. The van der Waals surface area contributed by atoms with Gasteiger partial charge in [0.25, 0.3) is 0 Å². The van der Waals surface area contributed by atoms with Crippen LogP contribution >= 0.6 is 0 Å². The summed E-state index contributed by atoms with van der Waals surface area (Å²) in [4.78, 5) is 0. The minimum atomic E-state index is -3.41. The fraction of sp³-hybridized carbons (Fsp3) is 0.714. The van der Waals surface area contributed by atoms with E-state index in [0.29, 0.717) is 6.42 Å². The first-order valence-electron chi connectivity index (χ1n) is 3.80. The summed E-state index contributed by atoms with van der Waals surface area (Å²) in [6, 6.07) is 3.43. The maximum atomic E-state index is 11.3. The van der Waals surface area contributed by atoms with Gasteiger partial charge in [0.05, 0.1) is 17.9 Å². The van der Waals surface area contributed by atoms with E-state index in [-0.39, 0.29) is 18.8 Å². The summed E-state index contributed by atoms with van der Waals surface area (Å²) in [7, 11) is -3.41. The standard InChI is InChI=1S/C7H11N3O2S/c1-2-7-13(11,12)10(5-3-8)6-4-9/h2,5-7H2,1H3. The third kappa shape index (κ3) is 3.88. The van der Waals surface area contributed by atoms with Crippen molar-refractivity contribution in [1.29, 1.82) is 10.5 Å². The number of rotatable bonds is 5. The fourth-order valence-electron chi connectivity index (χ4n) is 0.797. The lowest BCUT2D eigenvalue weighted by Crippen LogP contribution is -2.33. The third-order valence-electron chi connectivity index (χ3n) is 1.35. The summed E-state index contributed by atoms with van der Waals surface area (Å²) in [6.45, 7) is 1.22. The van der Waals surface area contributed by atoms with Crippen molar-refractivity contribution in [2.45, 2.75) is 13.3 Å². The fourth-order valence-corrected chi connectivity index (χ4v) is 2.08. The predicted molar refractivity (Wildman–Crippen MR) is 46.9 cm³/mol. The van der Waals surface area contributed by atoms with Crippen molar-refractivity contribution < 1.29 is 8.42 Å². The first-order valence-corrected chi connectivity index (χ1v) is 5.41. The van der Waals surface area contributed by atoms with Gasteiger partial charge in [-0.25, -0.2) is 8.42 Å². The second kappa shape index (κ2) is 5.52.